The fourth-order valence-corrected chi connectivity index (χ4v) is 2.15. The first-order valence-corrected chi connectivity index (χ1v) is 6.90. The Labute approximate surface area is 128 Å². The molecule has 110 valence electrons. The molecule has 0 fully saturated rings. The van der Waals surface area contributed by atoms with E-state index in [0.29, 0.717) is 18.0 Å². The summed E-state index contributed by atoms with van der Waals surface area (Å²) in [6, 6.07) is 15.0. The van der Waals surface area contributed by atoms with E-state index < -0.39 is 0 Å². The van der Waals surface area contributed by atoms with Crippen LogP contribution in [-0.2, 0) is 6.54 Å². The molecular formula is C17H15N3O2. The molecule has 2 heterocycles. The van der Waals surface area contributed by atoms with Gasteiger partial charge in [0.1, 0.15) is 0 Å². The minimum atomic E-state index is -0.185. The molecule has 0 aliphatic carbocycles. The Kier molecular flexibility index (Phi) is 3.96. The highest BCUT2D eigenvalue weighted by Gasteiger charge is 2.17. The summed E-state index contributed by atoms with van der Waals surface area (Å²) in [6.45, 7) is 0.472. The Morgan fingerprint density at radius 2 is 2.00 bits per heavy atom. The van der Waals surface area contributed by atoms with Crippen LogP contribution in [0.4, 0.5) is 0 Å². The summed E-state index contributed by atoms with van der Waals surface area (Å²) < 4.78 is 5.26. The SMILES string of the molecule is CN(Cc1cccnc1)C(=O)c1cc(-c2ccccc2)on1. The van der Waals surface area contributed by atoms with Gasteiger partial charge in [-0.15, -0.1) is 0 Å². The van der Waals surface area contributed by atoms with Crippen LogP contribution in [0.3, 0.4) is 0 Å². The number of pyridine rings is 1. The molecule has 0 bridgehead atoms. The fourth-order valence-electron chi connectivity index (χ4n) is 2.15. The topological polar surface area (TPSA) is 59.2 Å². The Morgan fingerprint density at radius 3 is 2.73 bits per heavy atom. The Morgan fingerprint density at radius 1 is 1.18 bits per heavy atom. The van der Waals surface area contributed by atoms with Crippen molar-refractivity contribution in [3.63, 3.8) is 0 Å². The quantitative estimate of drug-likeness (QED) is 0.742. The summed E-state index contributed by atoms with van der Waals surface area (Å²) in [5.74, 6) is 0.397. The molecular weight excluding hydrogens is 278 g/mol. The molecule has 0 radical (unpaired) electrons. The number of benzene rings is 1. The van der Waals surface area contributed by atoms with Gasteiger partial charge in [0.05, 0.1) is 0 Å². The predicted octanol–water partition coefficient (Wildman–Crippen LogP) is 3.01. The molecule has 5 nitrogen and oxygen atoms in total. The molecule has 22 heavy (non-hydrogen) atoms. The van der Waals surface area contributed by atoms with Crippen molar-refractivity contribution < 1.29 is 9.32 Å². The number of carbonyl (C=O) groups excluding carboxylic acids is 1. The molecule has 1 amide bonds. The van der Waals surface area contributed by atoms with Crippen LogP contribution in [0.25, 0.3) is 11.3 Å². The second-order valence-electron chi connectivity index (χ2n) is 4.96. The van der Waals surface area contributed by atoms with Crippen molar-refractivity contribution in [2.75, 3.05) is 7.05 Å². The maximum Gasteiger partial charge on any atom is 0.276 e. The average molecular weight is 293 g/mol. The summed E-state index contributed by atoms with van der Waals surface area (Å²) >= 11 is 0. The highest BCUT2D eigenvalue weighted by atomic mass is 16.5. The predicted molar refractivity (Wildman–Crippen MR) is 82.0 cm³/mol. The van der Waals surface area contributed by atoms with E-state index in [1.165, 1.54) is 0 Å². The molecule has 0 saturated heterocycles. The van der Waals surface area contributed by atoms with Crippen molar-refractivity contribution in [3.05, 3.63) is 72.2 Å². The largest absolute Gasteiger partial charge is 0.355 e. The van der Waals surface area contributed by atoms with Crippen LogP contribution in [0.1, 0.15) is 16.1 Å². The molecule has 0 spiro atoms. The molecule has 5 heteroatoms. The summed E-state index contributed by atoms with van der Waals surface area (Å²) in [6.07, 6.45) is 3.44. The minimum Gasteiger partial charge on any atom is -0.355 e. The molecule has 1 aromatic carbocycles. The van der Waals surface area contributed by atoms with Gasteiger partial charge in [-0.2, -0.15) is 0 Å². The summed E-state index contributed by atoms with van der Waals surface area (Å²) in [7, 11) is 1.73. The van der Waals surface area contributed by atoms with Gasteiger partial charge in [0.15, 0.2) is 11.5 Å². The molecule has 0 saturated carbocycles. The van der Waals surface area contributed by atoms with Gasteiger partial charge in [0.2, 0.25) is 0 Å². The van der Waals surface area contributed by atoms with Gasteiger partial charge in [0, 0.05) is 37.6 Å². The first-order valence-electron chi connectivity index (χ1n) is 6.90. The zero-order valence-corrected chi connectivity index (χ0v) is 12.1. The molecule has 0 unspecified atom stereocenters. The first-order chi connectivity index (χ1) is 10.7. The molecule has 0 aliphatic heterocycles. The molecule has 0 aliphatic rings. The lowest BCUT2D eigenvalue weighted by Gasteiger charge is -2.15. The molecule has 0 N–H and O–H groups in total. The third kappa shape index (κ3) is 3.03. The smallest absolute Gasteiger partial charge is 0.276 e. The number of hydrogen-bond acceptors (Lipinski definition) is 4. The van der Waals surface area contributed by atoms with Gasteiger partial charge in [0.25, 0.3) is 5.91 Å². The van der Waals surface area contributed by atoms with E-state index in [0.717, 1.165) is 11.1 Å². The van der Waals surface area contributed by atoms with Crippen molar-refractivity contribution in [2.24, 2.45) is 0 Å². The van der Waals surface area contributed by atoms with E-state index in [2.05, 4.69) is 10.1 Å². The van der Waals surface area contributed by atoms with Crippen molar-refractivity contribution in [3.8, 4) is 11.3 Å². The van der Waals surface area contributed by atoms with Gasteiger partial charge < -0.3 is 9.42 Å². The lowest BCUT2D eigenvalue weighted by Crippen LogP contribution is -2.26. The van der Waals surface area contributed by atoms with Gasteiger partial charge in [-0.25, -0.2) is 0 Å². The van der Waals surface area contributed by atoms with Crippen LogP contribution in [0.5, 0.6) is 0 Å². The minimum absolute atomic E-state index is 0.185. The second kappa shape index (κ2) is 6.22. The molecule has 2 aromatic heterocycles. The highest BCUT2D eigenvalue weighted by Crippen LogP contribution is 2.20. The number of aromatic nitrogens is 2. The normalized spacial score (nSPS) is 10.4. The fraction of sp³-hybridized carbons (Fsp3) is 0.118. The summed E-state index contributed by atoms with van der Waals surface area (Å²) in [5, 5.41) is 3.87. The van der Waals surface area contributed by atoms with Crippen LogP contribution < -0.4 is 0 Å². The second-order valence-corrected chi connectivity index (χ2v) is 4.96. The number of amides is 1. The Hall–Kier alpha value is -2.95. The maximum atomic E-state index is 12.4. The van der Waals surface area contributed by atoms with Crippen LogP contribution in [0.15, 0.2) is 65.4 Å². The number of hydrogen-bond donors (Lipinski definition) is 0. The van der Waals surface area contributed by atoms with E-state index in [-0.39, 0.29) is 5.91 Å². The van der Waals surface area contributed by atoms with Crippen LogP contribution >= 0.6 is 0 Å². The van der Waals surface area contributed by atoms with E-state index >= 15 is 0 Å². The highest BCUT2D eigenvalue weighted by molar-refractivity contribution is 5.92. The molecule has 3 aromatic rings. The van der Waals surface area contributed by atoms with Crippen LogP contribution in [-0.4, -0.2) is 28.0 Å². The number of carbonyl (C=O) groups is 1. The van der Waals surface area contributed by atoms with E-state index in [1.54, 1.807) is 30.4 Å². The Bertz CT molecular complexity index is 754. The maximum absolute atomic E-state index is 12.4. The first kappa shape index (κ1) is 14.0. The average Bonchev–Trinajstić information content (AvgIpc) is 3.06. The van der Waals surface area contributed by atoms with E-state index in [4.69, 9.17) is 4.52 Å². The van der Waals surface area contributed by atoms with Gasteiger partial charge in [-0.3, -0.25) is 9.78 Å². The van der Waals surface area contributed by atoms with E-state index in [9.17, 15) is 4.79 Å². The summed E-state index contributed by atoms with van der Waals surface area (Å²) in [4.78, 5) is 18.0. The zero-order chi connectivity index (χ0) is 15.4. The van der Waals surface area contributed by atoms with Crippen LogP contribution in [0.2, 0.25) is 0 Å². The van der Waals surface area contributed by atoms with Gasteiger partial charge >= 0.3 is 0 Å². The standard InChI is InChI=1S/C17H15N3O2/c1-20(12-13-6-5-9-18-11-13)17(21)15-10-16(22-19-15)14-7-3-2-4-8-14/h2-11H,12H2,1H3. The van der Waals surface area contributed by atoms with Crippen molar-refractivity contribution >= 4 is 5.91 Å². The van der Waals surface area contributed by atoms with Crippen molar-refractivity contribution in [2.45, 2.75) is 6.54 Å². The third-order valence-corrected chi connectivity index (χ3v) is 3.28. The molecule has 3 rings (SSSR count). The van der Waals surface area contributed by atoms with E-state index in [1.807, 2.05) is 42.5 Å². The van der Waals surface area contributed by atoms with Crippen LogP contribution in [0, 0.1) is 0 Å². The molecule has 0 atom stereocenters. The number of rotatable bonds is 4. The van der Waals surface area contributed by atoms with Gasteiger partial charge in [-0.1, -0.05) is 41.6 Å². The number of nitrogens with zero attached hydrogens (tertiary/aromatic N) is 3. The third-order valence-electron chi connectivity index (χ3n) is 3.28. The lowest BCUT2D eigenvalue weighted by molar-refractivity contribution is 0.0774. The zero-order valence-electron chi connectivity index (χ0n) is 12.1. The van der Waals surface area contributed by atoms with Crippen molar-refractivity contribution in [1.82, 2.24) is 15.0 Å². The Balaban J connectivity index is 1.74. The monoisotopic (exact) mass is 293 g/mol. The summed E-state index contributed by atoms with van der Waals surface area (Å²) in [5.41, 5.74) is 2.15. The lowest BCUT2D eigenvalue weighted by atomic mass is 10.1. The van der Waals surface area contributed by atoms with Crippen molar-refractivity contribution in [1.29, 1.82) is 0 Å². The van der Waals surface area contributed by atoms with Gasteiger partial charge in [-0.05, 0) is 11.6 Å².